The lowest BCUT2D eigenvalue weighted by atomic mass is 9.72. The normalized spacial score (nSPS) is 15.0. The van der Waals surface area contributed by atoms with E-state index in [1.165, 1.54) is 4.88 Å². The fourth-order valence-corrected chi connectivity index (χ4v) is 6.48. The standard InChI is InChI=1S/C35H38N2O3S/c1-5-39-30-20-25(16-19-29(30)40-23-24-12-8-6-9-13-24)22-36-34-32(33(38)37-27-14-10-7-11-15-27)28-18-17-26(35(2,3)4)21-31(28)41-34/h6-16,19-20,22,26H,5,17-18,21,23H2,1-4H3,(H,37,38)/t26-/m1/s1. The molecule has 1 aliphatic rings. The Morgan fingerprint density at radius 2 is 1.73 bits per heavy atom. The molecule has 1 atom stereocenters. The average molecular weight is 567 g/mol. The molecule has 5 nitrogen and oxygen atoms in total. The van der Waals surface area contributed by atoms with Gasteiger partial charge in [0.2, 0.25) is 0 Å². The maximum absolute atomic E-state index is 13.6. The minimum absolute atomic E-state index is 0.102. The number of carbonyl (C=O) groups excluding carboxylic acids is 1. The van der Waals surface area contributed by atoms with Crippen molar-refractivity contribution in [2.75, 3.05) is 11.9 Å². The van der Waals surface area contributed by atoms with Gasteiger partial charge in [-0.3, -0.25) is 4.79 Å². The van der Waals surface area contributed by atoms with Gasteiger partial charge in [0.05, 0.1) is 12.2 Å². The number of ether oxygens (including phenoxy) is 2. The topological polar surface area (TPSA) is 59.9 Å². The number of nitrogens with zero attached hydrogens (tertiary/aromatic N) is 1. The van der Waals surface area contributed by atoms with Crippen LogP contribution in [0.3, 0.4) is 0 Å². The Hall–Kier alpha value is -3.90. The Bertz CT molecular complexity index is 1500. The number of hydrogen-bond acceptors (Lipinski definition) is 5. The van der Waals surface area contributed by atoms with E-state index in [0.29, 0.717) is 36.2 Å². The van der Waals surface area contributed by atoms with Crippen molar-refractivity contribution in [3.8, 4) is 11.5 Å². The third-order valence-electron chi connectivity index (χ3n) is 7.57. The molecule has 5 rings (SSSR count). The van der Waals surface area contributed by atoms with Crippen molar-refractivity contribution in [3.05, 3.63) is 106 Å². The van der Waals surface area contributed by atoms with E-state index in [4.69, 9.17) is 14.5 Å². The number of carbonyl (C=O) groups is 1. The number of benzene rings is 3. The van der Waals surface area contributed by atoms with Gasteiger partial charge >= 0.3 is 0 Å². The Morgan fingerprint density at radius 3 is 2.44 bits per heavy atom. The first-order chi connectivity index (χ1) is 19.8. The highest BCUT2D eigenvalue weighted by Crippen LogP contribution is 2.45. The molecule has 1 N–H and O–H groups in total. The first-order valence-corrected chi connectivity index (χ1v) is 15.1. The van der Waals surface area contributed by atoms with Crippen LogP contribution in [-0.2, 0) is 19.4 Å². The van der Waals surface area contributed by atoms with Crippen molar-refractivity contribution in [1.82, 2.24) is 0 Å². The monoisotopic (exact) mass is 566 g/mol. The van der Waals surface area contributed by atoms with E-state index < -0.39 is 0 Å². The van der Waals surface area contributed by atoms with Crippen LogP contribution in [0.5, 0.6) is 11.5 Å². The molecule has 1 aromatic heterocycles. The van der Waals surface area contributed by atoms with E-state index >= 15 is 0 Å². The number of hydrogen-bond donors (Lipinski definition) is 1. The summed E-state index contributed by atoms with van der Waals surface area (Å²) in [5.74, 6) is 1.84. The summed E-state index contributed by atoms with van der Waals surface area (Å²) in [6.07, 6.45) is 4.76. The summed E-state index contributed by atoms with van der Waals surface area (Å²) in [5.41, 5.74) is 4.83. The first kappa shape index (κ1) is 28.6. The highest BCUT2D eigenvalue weighted by Gasteiger charge is 2.33. The van der Waals surface area contributed by atoms with Gasteiger partial charge in [0.1, 0.15) is 11.6 Å². The van der Waals surface area contributed by atoms with Crippen molar-refractivity contribution in [2.24, 2.45) is 16.3 Å². The second-order valence-electron chi connectivity index (χ2n) is 11.5. The van der Waals surface area contributed by atoms with Crippen LogP contribution in [-0.4, -0.2) is 18.7 Å². The molecule has 41 heavy (non-hydrogen) atoms. The zero-order chi connectivity index (χ0) is 28.8. The summed E-state index contributed by atoms with van der Waals surface area (Å²) in [7, 11) is 0. The molecule has 6 heteroatoms. The lowest BCUT2D eigenvalue weighted by molar-refractivity contribution is 0.102. The number of rotatable bonds is 9. The predicted molar refractivity (Wildman–Crippen MR) is 169 cm³/mol. The van der Waals surface area contributed by atoms with Crippen LogP contribution in [0.1, 0.15) is 66.0 Å². The van der Waals surface area contributed by atoms with Crippen LogP contribution in [0.4, 0.5) is 10.7 Å². The van der Waals surface area contributed by atoms with Crippen molar-refractivity contribution in [3.63, 3.8) is 0 Å². The Morgan fingerprint density at radius 1 is 1.00 bits per heavy atom. The molecule has 0 unspecified atom stereocenters. The third kappa shape index (κ3) is 7.06. The number of thiophene rings is 1. The van der Waals surface area contributed by atoms with Crippen LogP contribution in [0.2, 0.25) is 0 Å². The summed E-state index contributed by atoms with van der Waals surface area (Å²) >= 11 is 1.65. The van der Waals surface area contributed by atoms with Crippen molar-refractivity contribution >= 4 is 34.1 Å². The lowest BCUT2D eigenvalue weighted by Crippen LogP contribution is -2.27. The second-order valence-corrected chi connectivity index (χ2v) is 12.6. The van der Waals surface area contributed by atoms with Crippen LogP contribution in [0.15, 0.2) is 83.9 Å². The summed E-state index contributed by atoms with van der Waals surface area (Å²) in [6.45, 7) is 9.87. The van der Waals surface area contributed by atoms with Crippen molar-refractivity contribution in [1.29, 1.82) is 0 Å². The quantitative estimate of drug-likeness (QED) is 0.206. The molecule has 212 valence electrons. The SMILES string of the molecule is CCOc1cc(C=Nc2sc3c(c2C(=O)Nc2ccccc2)CC[C@@H](C(C)(C)C)C3)ccc1OCc1ccccc1. The maximum Gasteiger partial charge on any atom is 0.259 e. The van der Waals surface area contributed by atoms with E-state index in [1.54, 1.807) is 11.3 Å². The Labute approximate surface area is 247 Å². The molecule has 1 amide bonds. The Kier molecular flexibility index (Phi) is 8.89. The largest absolute Gasteiger partial charge is 0.490 e. The smallest absolute Gasteiger partial charge is 0.259 e. The average Bonchev–Trinajstić information content (AvgIpc) is 3.34. The fourth-order valence-electron chi connectivity index (χ4n) is 5.21. The van der Waals surface area contributed by atoms with E-state index in [9.17, 15) is 4.79 Å². The second kappa shape index (κ2) is 12.7. The molecule has 0 saturated heterocycles. The van der Waals surface area contributed by atoms with Gasteiger partial charge in [-0.25, -0.2) is 4.99 Å². The van der Waals surface area contributed by atoms with Gasteiger partial charge < -0.3 is 14.8 Å². The van der Waals surface area contributed by atoms with Crippen LogP contribution in [0.25, 0.3) is 0 Å². The van der Waals surface area contributed by atoms with Gasteiger partial charge in [0.15, 0.2) is 11.5 Å². The molecular weight excluding hydrogens is 528 g/mol. The Balaban J connectivity index is 1.43. The minimum atomic E-state index is -0.102. The maximum atomic E-state index is 13.6. The van der Waals surface area contributed by atoms with E-state index in [1.807, 2.05) is 92.0 Å². The van der Waals surface area contributed by atoms with Gasteiger partial charge in [-0.05, 0) is 84.5 Å². The van der Waals surface area contributed by atoms with Crippen LogP contribution >= 0.6 is 11.3 Å². The number of fused-ring (bicyclic) bond motifs is 1. The highest BCUT2D eigenvalue weighted by molar-refractivity contribution is 7.16. The molecule has 1 heterocycles. The van der Waals surface area contributed by atoms with Crippen molar-refractivity contribution in [2.45, 2.75) is 53.6 Å². The van der Waals surface area contributed by atoms with Crippen LogP contribution in [0, 0.1) is 11.3 Å². The number of amides is 1. The van der Waals surface area contributed by atoms with E-state index in [-0.39, 0.29) is 11.3 Å². The summed E-state index contributed by atoms with van der Waals surface area (Å²) in [5, 5.41) is 3.84. The highest BCUT2D eigenvalue weighted by atomic mass is 32.1. The van der Waals surface area contributed by atoms with Crippen molar-refractivity contribution < 1.29 is 14.3 Å². The van der Waals surface area contributed by atoms with E-state index in [0.717, 1.165) is 46.6 Å². The van der Waals surface area contributed by atoms with Gasteiger partial charge in [-0.1, -0.05) is 69.3 Å². The minimum Gasteiger partial charge on any atom is -0.490 e. The third-order valence-corrected chi connectivity index (χ3v) is 8.73. The summed E-state index contributed by atoms with van der Waals surface area (Å²) in [6, 6.07) is 25.5. The van der Waals surface area contributed by atoms with Gasteiger partial charge in [0.25, 0.3) is 5.91 Å². The van der Waals surface area contributed by atoms with E-state index in [2.05, 4.69) is 26.1 Å². The molecule has 0 aliphatic heterocycles. The molecule has 0 saturated carbocycles. The number of aliphatic imine (C=N–C) groups is 1. The number of nitrogens with one attached hydrogen (secondary N) is 1. The molecular formula is C35H38N2O3S. The van der Waals surface area contributed by atoms with Gasteiger partial charge in [0, 0.05) is 16.8 Å². The molecule has 0 bridgehead atoms. The predicted octanol–water partition coefficient (Wildman–Crippen LogP) is 8.88. The molecule has 4 aromatic rings. The number of para-hydroxylation sites is 1. The molecule has 0 radical (unpaired) electrons. The zero-order valence-corrected chi connectivity index (χ0v) is 25.1. The lowest BCUT2D eigenvalue weighted by Gasteiger charge is -2.33. The fraction of sp³-hybridized carbons (Fsp3) is 0.314. The van der Waals surface area contributed by atoms with Gasteiger partial charge in [-0.2, -0.15) is 0 Å². The molecule has 0 spiro atoms. The molecule has 1 aliphatic carbocycles. The molecule has 0 fully saturated rings. The summed E-state index contributed by atoms with van der Waals surface area (Å²) in [4.78, 5) is 19.8. The first-order valence-electron chi connectivity index (χ1n) is 14.3. The van der Waals surface area contributed by atoms with Crippen LogP contribution < -0.4 is 14.8 Å². The molecule has 3 aromatic carbocycles. The zero-order valence-electron chi connectivity index (χ0n) is 24.3. The van der Waals surface area contributed by atoms with Gasteiger partial charge in [-0.15, -0.1) is 11.3 Å². The summed E-state index contributed by atoms with van der Waals surface area (Å²) < 4.78 is 12.0. The number of anilines is 1.